The van der Waals surface area contributed by atoms with Crippen molar-refractivity contribution in [2.75, 3.05) is 5.32 Å². The fraction of sp³-hybridized carbons (Fsp3) is 0.176. The van der Waals surface area contributed by atoms with E-state index in [0.29, 0.717) is 21.8 Å². The molecule has 0 atom stereocenters. The second-order valence-electron chi connectivity index (χ2n) is 5.37. The highest BCUT2D eigenvalue weighted by atomic mass is 35.5. The molecule has 0 unspecified atom stereocenters. The van der Waals surface area contributed by atoms with Crippen LogP contribution in [0, 0.1) is 0 Å². The summed E-state index contributed by atoms with van der Waals surface area (Å²) in [6.45, 7) is 0. The Morgan fingerprint density at radius 1 is 0.957 bits per heavy atom. The van der Waals surface area contributed by atoms with Gasteiger partial charge in [0.2, 0.25) is 0 Å². The van der Waals surface area contributed by atoms with E-state index < -0.39 is 5.91 Å². The van der Waals surface area contributed by atoms with Crippen molar-refractivity contribution in [3.8, 4) is 0 Å². The molecule has 1 fully saturated rings. The molecule has 4 nitrogen and oxygen atoms in total. The topological polar surface area (TPSA) is 58.2 Å². The van der Waals surface area contributed by atoms with Crippen molar-refractivity contribution >= 4 is 40.7 Å². The molecule has 1 saturated carbocycles. The van der Waals surface area contributed by atoms with Crippen LogP contribution in [0.2, 0.25) is 10.0 Å². The molecule has 118 valence electrons. The fourth-order valence-electron chi connectivity index (χ4n) is 2.14. The average Bonchev–Trinajstić information content (AvgIpc) is 3.31. The van der Waals surface area contributed by atoms with Crippen molar-refractivity contribution in [1.82, 2.24) is 5.32 Å². The number of carbonyl (C=O) groups excluding carboxylic acids is 2. The third kappa shape index (κ3) is 3.84. The largest absolute Gasteiger partial charge is 0.349 e. The van der Waals surface area contributed by atoms with Crippen LogP contribution in [-0.2, 0) is 0 Å². The predicted octanol–water partition coefficient (Wildman–Crippen LogP) is 4.14. The van der Waals surface area contributed by atoms with Crippen LogP contribution in [0.25, 0.3) is 0 Å². The summed E-state index contributed by atoms with van der Waals surface area (Å²) >= 11 is 11.9. The number of benzene rings is 2. The number of nitrogens with one attached hydrogen (secondary N) is 2. The van der Waals surface area contributed by atoms with Gasteiger partial charge in [0, 0.05) is 11.1 Å². The van der Waals surface area contributed by atoms with Crippen LogP contribution in [0.4, 0.5) is 5.69 Å². The summed E-state index contributed by atoms with van der Waals surface area (Å²) in [5, 5.41) is 6.36. The smallest absolute Gasteiger partial charge is 0.257 e. The van der Waals surface area contributed by atoms with Crippen LogP contribution in [-0.4, -0.2) is 17.9 Å². The second-order valence-corrected chi connectivity index (χ2v) is 6.22. The highest BCUT2D eigenvalue weighted by Crippen LogP contribution is 2.24. The molecular formula is C17H14Cl2N2O2. The van der Waals surface area contributed by atoms with Gasteiger partial charge in [-0.25, -0.2) is 0 Å². The number of carbonyl (C=O) groups is 2. The van der Waals surface area contributed by atoms with Crippen molar-refractivity contribution in [2.45, 2.75) is 18.9 Å². The molecule has 6 heteroatoms. The van der Waals surface area contributed by atoms with Crippen LogP contribution in [0.15, 0.2) is 42.5 Å². The third-order valence-corrected chi connectivity index (χ3v) is 4.06. The number of hydrogen-bond donors (Lipinski definition) is 2. The molecule has 0 heterocycles. The zero-order valence-corrected chi connectivity index (χ0v) is 13.6. The highest BCUT2D eigenvalue weighted by molar-refractivity contribution is 6.37. The van der Waals surface area contributed by atoms with Gasteiger partial charge in [-0.1, -0.05) is 35.3 Å². The summed E-state index contributed by atoms with van der Waals surface area (Å²) in [6, 6.07) is 11.8. The Bertz CT molecular complexity index is 773. The third-order valence-electron chi connectivity index (χ3n) is 3.51. The van der Waals surface area contributed by atoms with E-state index in [-0.39, 0.29) is 17.0 Å². The van der Waals surface area contributed by atoms with Crippen molar-refractivity contribution in [3.63, 3.8) is 0 Å². The fourth-order valence-corrected chi connectivity index (χ4v) is 2.64. The van der Waals surface area contributed by atoms with Crippen molar-refractivity contribution in [1.29, 1.82) is 0 Å². The van der Waals surface area contributed by atoms with E-state index in [1.807, 2.05) is 0 Å². The summed E-state index contributed by atoms with van der Waals surface area (Å²) in [5.41, 5.74) is 1.17. The van der Waals surface area contributed by atoms with Gasteiger partial charge in [-0.2, -0.15) is 0 Å². The van der Waals surface area contributed by atoms with Crippen LogP contribution in [0.3, 0.4) is 0 Å². The molecule has 0 aliphatic heterocycles. The zero-order chi connectivity index (χ0) is 16.4. The minimum Gasteiger partial charge on any atom is -0.349 e. The van der Waals surface area contributed by atoms with Crippen LogP contribution in [0.5, 0.6) is 0 Å². The monoisotopic (exact) mass is 348 g/mol. The number of anilines is 1. The first-order valence-electron chi connectivity index (χ1n) is 7.21. The normalized spacial score (nSPS) is 13.5. The minimum atomic E-state index is -0.390. The average molecular weight is 349 g/mol. The van der Waals surface area contributed by atoms with Crippen LogP contribution in [0.1, 0.15) is 33.6 Å². The van der Waals surface area contributed by atoms with Gasteiger partial charge in [0.15, 0.2) is 0 Å². The van der Waals surface area contributed by atoms with Crippen molar-refractivity contribution in [3.05, 3.63) is 63.6 Å². The molecule has 0 bridgehead atoms. The molecular weight excluding hydrogens is 335 g/mol. The summed E-state index contributed by atoms with van der Waals surface area (Å²) in [7, 11) is 0. The number of para-hydroxylation sites is 1. The molecule has 1 aliphatic rings. The molecule has 0 saturated heterocycles. The van der Waals surface area contributed by atoms with E-state index in [9.17, 15) is 9.59 Å². The van der Waals surface area contributed by atoms with E-state index >= 15 is 0 Å². The zero-order valence-electron chi connectivity index (χ0n) is 12.1. The summed E-state index contributed by atoms with van der Waals surface area (Å²) in [5.74, 6) is -0.580. The predicted molar refractivity (Wildman–Crippen MR) is 91.3 cm³/mol. The molecule has 0 aromatic heterocycles. The van der Waals surface area contributed by atoms with Gasteiger partial charge in [-0.05, 0) is 43.2 Å². The Morgan fingerprint density at radius 2 is 1.70 bits per heavy atom. The molecule has 2 aromatic carbocycles. The van der Waals surface area contributed by atoms with Crippen molar-refractivity contribution in [2.24, 2.45) is 0 Å². The van der Waals surface area contributed by atoms with Crippen LogP contribution >= 0.6 is 23.2 Å². The number of halogens is 2. The van der Waals surface area contributed by atoms with Gasteiger partial charge in [0.05, 0.1) is 21.8 Å². The maximum Gasteiger partial charge on any atom is 0.257 e. The molecule has 3 rings (SSSR count). The maximum atomic E-state index is 12.4. The standard InChI is InChI=1S/C17H14Cl2N2O2/c18-10-5-8-12(14(19)9-10)16(22)21-15-4-2-1-3-13(15)17(23)20-11-6-7-11/h1-5,8-9,11H,6-7H2,(H,20,23)(H,21,22). The summed E-state index contributed by atoms with van der Waals surface area (Å²) < 4.78 is 0. The molecule has 2 aromatic rings. The first-order chi connectivity index (χ1) is 11.0. The lowest BCUT2D eigenvalue weighted by molar-refractivity contribution is 0.0952. The lowest BCUT2D eigenvalue weighted by Gasteiger charge is -2.12. The Morgan fingerprint density at radius 3 is 2.39 bits per heavy atom. The van der Waals surface area contributed by atoms with Gasteiger partial charge < -0.3 is 10.6 Å². The molecule has 0 spiro atoms. The lowest BCUT2D eigenvalue weighted by Crippen LogP contribution is -2.27. The number of rotatable bonds is 4. The molecule has 0 radical (unpaired) electrons. The Balaban J connectivity index is 1.81. The van der Waals surface area contributed by atoms with Gasteiger partial charge in [0.25, 0.3) is 11.8 Å². The first-order valence-corrected chi connectivity index (χ1v) is 7.96. The molecule has 2 amide bonds. The first kappa shape index (κ1) is 15.8. The van der Waals surface area contributed by atoms with Crippen LogP contribution < -0.4 is 10.6 Å². The minimum absolute atomic E-state index is 0.189. The summed E-state index contributed by atoms with van der Waals surface area (Å²) in [6.07, 6.45) is 2.00. The lowest BCUT2D eigenvalue weighted by atomic mass is 10.1. The van der Waals surface area contributed by atoms with E-state index in [1.54, 1.807) is 36.4 Å². The second kappa shape index (κ2) is 6.60. The molecule has 2 N–H and O–H groups in total. The van der Waals surface area contributed by atoms with E-state index in [0.717, 1.165) is 12.8 Å². The summed E-state index contributed by atoms with van der Waals surface area (Å²) in [4.78, 5) is 24.6. The van der Waals surface area contributed by atoms with Gasteiger partial charge in [-0.15, -0.1) is 0 Å². The Hall–Kier alpha value is -2.04. The van der Waals surface area contributed by atoms with Gasteiger partial charge in [0.1, 0.15) is 0 Å². The number of amides is 2. The van der Waals surface area contributed by atoms with Crippen molar-refractivity contribution < 1.29 is 9.59 Å². The quantitative estimate of drug-likeness (QED) is 0.872. The van der Waals surface area contributed by atoms with Gasteiger partial charge >= 0.3 is 0 Å². The molecule has 1 aliphatic carbocycles. The van der Waals surface area contributed by atoms with Gasteiger partial charge in [-0.3, -0.25) is 9.59 Å². The molecule has 23 heavy (non-hydrogen) atoms. The maximum absolute atomic E-state index is 12.4. The number of hydrogen-bond acceptors (Lipinski definition) is 2. The van der Waals surface area contributed by atoms with E-state index in [2.05, 4.69) is 10.6 Å². The van der Waals surface area contributed by atoms with E-state index in [4.69, 9.17) is 23.2 Å². The highest BCUT2D eigenvalue weighted by Gasteiger charge is 2.25. The Labute approximate surface area is 143 Å². The van der Waals surface area contributed by atoms with E-state index in [1.165, 1.54) is 6.07 Å². The Kier molecular flexibility index (Phi) is 4.55. The SMILES string of the molecule is O=C(Nc1ccccc1C(=O)NC1CC1)c1ccc(Cl)cc1Cl.